The van der Waals surface area contributed by atoms with E-state index in [1.165, 1.54) is 7.11 Å². The van der Waals surface area contributed by atoms with Gasteiger partial charge in [0, 0.05) is 6.20 Å². The molecule has 3 aromatic rings. The second kappa shape index (κ2) is 6.26. The molecule has 0 N–H and O–H groups in total. The third kappa shape index (κ3) is 3.12. The first-order valence-corrected chi connectivity index (χ1v) is 7.29. The van der Waals surface area contributed by atoms with E-state index in [0.717, 1.165) is 11.3 Å². The number of methoxy groups -OCH3 is 1. The maximum absolute atomic E-state index is 11.4. The Morgan fingerprint density at radius 1 is 1.35 bits per heavy atom. The molecular formula is C16H14ClN3O3. The van der Waals surface area contributed by atoms with Gasteiger partial charge in [0.2, 0.25) is 5.89 Å². The van der Waals surface area contributed by atoms with Crippen molar-refractivity contribution in [2.24, 2.45) is 0 Å². The quantitative estimate of drug-likeness (QED) is 0.686. The first-order valence-electron chi connectivity index (χ1n) is 6.91. The molecule has 23 heavy (non-hydrogen) atoms. The van der Waals surface area contributed by atoms with Crippen molar-refractivity contribution in [1.82, 2.24) is 14.8 Å². The summed E-state index contributed by atoms with van der Waals surface area (Å²) in [5.41, 5.74) is 1.71. The summed E-state index contributed by atoms with van der Waals surface area (Å²) in [6, 6.07) is 8.94. The smallest absolute Gasteiger partial charge is 0.358 e. The van der Waals surface area contributed by atoms with E-state index >= 15 is 0 Å². The van der Waals surface area contributed by atoms with Crippen molar-refractivity contribution in [2.45, 2.75) is 13.5 Å². The fourth-order valence-electron chi connectivity index (χ4n) is 2.14. The van der Waals surface area contributed by atoms with E-state index < -0.39 is 5.97 Å². The maximum atomic E-state index is 11.4. The van der Waals surface area contributed by atoms with Crippen LogP contribution in [-0.2, 0) is 11.3 Å². The highest BCUT2D eigenvalue weighted by molar-refractivity contribution is 6.33. The lowest BCUT2D eigenvalue weighted by atomic mass is 10.2. The summed E-state index contributed by atoms with van der Waals surface area (Å²) in [7, 11) is 1.32. The van der Waals surface area contributed by atoms with Crippen LogP contribution in [0.1, 0.15) is 21.9 Å². The van der Waals surface area contributed by atoms with Crippen LogP contribution in [0.3, 0.4) is 0 Å². The number of benzene rings is 1. The molecule has 0 aliphatic heterocycles. The second-order valence-corrected chi connectivity index (χ2v) is 5.30. The second-order valence-electron chi connectivity index (χ2n) is 4.89. The van der Waals surface area contributed by atoms with Crippen LogP contribution in [0.5, 0.6) is 0 Å². The summed E-state index contributed by atoms with van der Waals surface area (Å²) >= 11 is 6.17. The van der Waals surface area contributed by atoms with Gasteiger partial charge in [-0.2, -0.15) is 5.10 Å². The van der Waals surface area contributed by atoms with E-state index in [-0.39, 0.29) is 5.69 Å². The number of hydrogen-bond acceptors (Lipinski definition) is 5. The number of carbonyl (C=O) groups excluding carboxylic acids is 1. The summed E-state index contributed by atoms with van der Waals surface area (Å²) < 4.78 is 11.9. The van der Waals surface area contributed by atoms with E-state index in [1.807, 2.05) is 25.1 Å². The van der Waals surface area contributed by atoms with E-state index in [0.29, 0.717) is 23.2 Å². The largest absolute Gasteiger partial charge is 0.464 e. The number of nitrogens with zero attached hydrogens (tertiary/aromatic N) is 3. The summed E-state index contributed by atoms with van der Waals surface area (Å²) in [5, 5.41) is 4.73. The van der Waals surface area contributed by atoms with Gasteiger partial charge in [-0.15, -0.1) is 0 Å². The van der Waals surface area contributed by atoms with E-state index in [4.69, 9.17) is 16.0 Å². The van der Waals surface area contributed by atoms with Crippen molar-refractivity contribution in [3.05, 3.63) is 58.7 Å². The van der Waals surface area contributed by atoms with Gasteiger partial charge >= 0.3 is 5.97 Å². The van der Waals surface area contributed by atoms with E-state index in [1.54, 1.807) is 23.0 Å². The highest BCUT2D eigenvalue weighted by Gasteiger charge is 2.15. The van der Waals surface area contributed by atoms with Gasteiger partial charge in [-0.25, -0.2) is 9.78 Å². The fourth-order valence-corrected chi connectivity index (χ4v) is 2.36. The molecule has 0 fully saturated rings. The van der Waals surface area contributed by atoms with Crippen LogP contribution < -0.4 is 0 Å². The van der Waals surface area contributed by atoms with Gasteiger partial charge in [-0.3, -0.25) is 4.68 Å². The van der Waals surface area contributed by atoms with Crippen LogP contribution in [-0.4, -0.2) is 27.8 Å². The highest BCUT2D eigenvalue weighted by atomic mass is 35.5. The first kappa shape index (κ1) is 15.3. The summed E-state index contributed by atoms with van der Waals surface area (Å²) in [6.07, 6.45) is 1.69. The third-order valence-electron chi connectivity index (χ3n) is 3.34. The molecule has 0 saturated carbocycles. The molecule has 0 saturated heterocycles. The van der Waals surface area contributed by atoms with Gasteiger partial charge in [-0.1, -0.05) is 23.7 Å². The Bertz CT molecular complexity index is 854. The van der Waals surface area contributed by atoms with Crippen molar-refractivity contribution < 1.29 is 13.9 Å². The number of hydrogen-bond donors (Lipinski definition) is 0. The molecule has 0 amide bonds. The highest BCUT2D eigenvalue weighted by Crippen LogP contribution is 2.28. The number of esters is 1. The zero-order valence-corrected chi connectivity index (χ0v) is 13.4. The average Bonchev–Trinajstić information content (AvgIpc) is 3.15. The molecule has 118 valence electrons. The monoisotopic (exact) mass is 331 g/mol. The lowest BCUT2D eigenvalue weighted by Gasteiger charge is -1.98. The molecule has 0 unspecified atom stereocenters. The number of halogens is 1. The van der Waals surface area contributed by atoms with Crippen molar-refractivity contribution >= 4 is 17.6 Å². The van der Waals surface area contributed by atoms with Crippen molar-refractivity contribution in [3.8, 4) is 11.5 Å². The predicted octanol–water partition coefficient (Wildman–Crippen LogP) is 3.33. The first-order chi connectivity index (χ1) is 11.1. The molecule has 0 radical (unpaired) electrons. The number of aromatic nitrogens is 3. The van der Waals surface area contributed by atoms with Gasteiger partial charge in [0.05, 0.1) is 24.2 Å². The van der Waals surface area contributed by atoms with Crippen LogP contribution in [0.25, 0.3) is 11.5 Å². The normalized spacial score (nSPS) is 10.7. The number of rotatable bonds is 4. The Hall–Kier alpha value is -2.60. The summed E-state index contributed by atoms with van der Waals surface area (Å²) in [4.78, 5) is 15.9. The van der Waals surface area contributed by atoms with Crippen LogP contribution in [0.2, 0.25) is 5.02 Å². The zero-order chi connectivity index (χ0) is 16.4. The average molecular weight is 332 g/mol. The van der Waals surface area contributed by atoms with Crippen LogP contribution >= 0.6 is 11.6 Å². The Kier molecular flexibility index (Phi) is 4.16. The molecule has 0 aliphatic rings. The van der Waals surface area contributed by atoms with Gasteiger partial charge in [-0.05, 0) is 25.1 Å². The number of ether oxygens (including phenoxy) is 1. The summed E-state index contributed by atoms with van der Waals surface area (Å²) in [6.45, 7) is 2.21. The predicted molar refractivity (Wildman–Crippen MR) is 84.4 cm³/mol. The Labute approximate surface area is 137 Å². The van der Waals surface area contributed by atoms with Gasteiger partial charge in [0.15, 0.2) is 5.69 Å². The SMILES string of the molecule is COC(=O)c1ccn(Cc2nc(-c3ccccc3Cl)oc2C)n1. The minimum Gasteiger partial charge on any atom is -0.464 e. The minimum atomic E-state index is -0.475. The van der Waals surface area contributed by atoms with Crippen molar-refractivity contribution in [1.29, 1.82) is 0 Å². The number of carbonyl (C=O) groups is 1. The molecule has 0 atom stereocenters. The minimum absolute atomic E-state index is 0.250. The molecule has 0 bridgehead atoms. The van der Waals surface area contributed by atoms with Crippen LogP contribution in [0.4, 0.5) is 0 Å². The molecule has 1 aromatic carbocycles. The van der Waals surface area contributed by atoms with Gasteiger partial charge in [0.25, 0.3) is 0 Å². The van der Waals surface area contributed by atoms with E-state index in [9.17, 15) is 4.79 Å². The van der Waals surface area contributed by atoms with Crippen molar-refractivity contribution in [2.75, 3.05) is 7.11 Å². The summed E-state index contributed by atoms with van der Waals surface area (Å²) in [5.74, 6) is 0.663. The van der Waals surface area contributed by atoms with Crippen LogP contribution in [0.15, 0.2) is 40.9 Å². The molecule has 2 heterocycles. The maximum Gasteiger partial charge on any atom is 0.358 e. The van der Waals surface area contributed by atoms with Crippen molar-refractivity contribution in [3.63, 3.8) is 0 Å². The Balaban J connectivity index is 1.86. The number of aryl methyl sites for hydroxylation is 1. The molecule has 7 heteroatoms. The molecular weight excluding hydrogens is 318 g/mol. The standard InChI is InChI=1S/C16H14ClN3O3/c1-10-14(9-20-8-7-13(19-20)16(21)22-2)18-15(23-10)11-5-3-4-6-12(11)17/h3-8H,9H2,1-2H3. The molecule has 3 rings (SSSR count). The molecule has 0 spiro atoms. The molecule has 2 aromatic heterocycles. The third-order valence-corrected chi connectivity index (χ3v) is 3.67. The molecule has 6 nitrogen and oxygen atoms in total. The zero-order valence-electron chi connectivity index (χ0n) is 12.6. The molecule has 0 aliphatic carbocycles. The Morgan fingerprint density at radius 3 is 2.87 bits per heavy atom. The van der Waals surface area contributed by atoms with Crippen LogP contribution in [0, 0.1) is 6.92 Å². The Morgan fingerprint density at radius 2 is 2.13 bits per heavy atom. The van der Waals surface area contributed by atoms with E-state index in [2.05, 4.69) is 14.8 Å². The lowest BCUT2D eigenvalue weighted by molar-refractivity contribution is 0.0593. The topological polar surface area (TPSA) is 70.2 Å². The lowest BCUT2D eigenvalue weighted by Crippen LogP contribution is -2.06. The number of oxazole rings is 1. The fraction of sp³-hybridized carbons (Fsp3) is 0.188. The van der Waals surface area contributed by atoms with Gasteiger partial charge < -0.3 is 9.15 Å². The van der Waals surface area contributed by atoms with Gasteiger partial charge in [0.1, 0.15) is 11.5 Å².